The van der Waals surface area contributed by atoms with Gasteiger partial charge in [-0.15, -0.1) is 0 Å². The molecule has 0 aromatic heterocycles. The van der Waals surface area contributed by atoms with Crippen molar-refractivity contribution in [2.75, 3.05) is 14.1 Å². The first-order valence-corrected chi connectivity index (χ1v) is 17.9. The van der Waals surface area contributed by atoms with E-state index in [0.29, 0.717) is 47.9 Å². The maximum absolute atomic E-state index is 14.8. The van der Waals surface area contributed by atoms with Crippen LogP contribution >= 0.6 is 0 Å². The Morgan fingerprint density at radius 2 is 1.28 bits per heavy atom. The summed E-state index contributed by atoms with van der Waals surface area (Å²) >= 11 is 0. The first-order chi connectivity index (χ1) is 22.5. The van der Waals surface area contributed by atoms with Crippen molar-refractivity contribution in [2.45, 2.75) is 168 Å². The number of hydrogen-bond donors (Lipinski definition) is 2. The van der Waals surface area contributed by atoms with E-state index in [4.69, 9.17) is 9.47 Å². The number of piperidine rings is 2. The fourth-order valence-electron chi connectivity index (χ4n) is 8.39. The number of carboxylic acid groups (broad SMARTS) is 1. The van der Waals surface area contributed by atoms with Gasteiger partial charge in [0.05, 0.1) is 18.4 Å². The van der Waals surface area contributed by atoms with Gasteiger partial charge in [0.25, 0.3) is 0 Å². The van der Waals surface area contributed by atoms with Gasteiger partial charge in [0.15, 0.2) is 5.41 Å². The van der Waals surface area contributed by atoms with Gasteiger partial charge in [-0.1, -0.05) is 26.8 Å². The molecule has 2 aliphatic rings. The third kappa shape index (κ3) is 8.15. The molecule has 1 aromatic rings. The van der Waals surface area contributed by atoms with Crippen LogP contribution in [0.25, 0.3) is 0 Å². The molecule has 3 rings (SSSR count). The normalized spacial score (nSPS) is 22.9. The van der Waals surface area contributed by atoms with Crippen molar-refractivity contribution < 1.29 is 34.1 Å². The number of ether oxygens (including phenoxy) is 2. The lowest BCUT2D eigenvalue weighted by molar-refractivity contribution is -0.182. The Morgan fingerprint density at radius 3 is 1.66 bits per heavy atom. The number of likely N-dealkylation sites (tertiary alicyclic amines) is 2. The maximum Gasteiger partial charge on any atom is 0.328 e. The highest BCUT2D eigenvalue weighted by Crippen LogP contribution is 2.45. The van der Waals surface area contributed by atoms with Gasteiger partial charge < -0.3 is 19.7 Å². The first kappa shape index (κ1) is 41.3. The number of esters is 2. The van der Waals surface area contributed by atoms with Crippen LogP contribution in [0.4, 0.5) is 0 Å². The summed E-state index contributed by atoms with van der Waals surface area (Å²) in [5, 5.41) is 32.5. The number of rotatable bonds is 9. The number of carbonyl (C=O) groups excluding carboxylic acids is 2. The average molecular weight is 698 g/mol. The van der Waals surface area contributed by atoms with E-state index in [1.807, 2.05) is 34.9 Å². The van der Waals surface area contributed by atoms with Gasteiger partial charge in [0.2, 0.25) is 0 Å². The van der Waals surface area contributed by atoms with Crippen molar-refractivity contribution >= 4 is 17.9 Å². The number of aromatic hydroxyl groups is 1. The summed E-state index contributed by atoms with van der Waals surface area (Å²) in [6.07, 6.45) is -0.281. The summed E-state index contributed by atoms with van der Waals surface area (Å²) in [6, 6.07) is 3.93. The van der Waals surface area contributed by atoms with E-state index in [1.54, 1.807) is 19.9 Å². The minimum Gasteiger partial charge on any atom is -0.507 e. The molecule has 2 heterocycles. The third-order valence-electron chi connectivity index (χ3n) is 12.2. The Labute approximate surface area is 300 Å². The fourth-order valence-corrected chi connectivity index (χ4v) is 8.39. The third-order valence-corrected chi connectivity index (χ3v) is 12.2. The minimum atomic E-state index is -2.24. The van der Waals surface area contributed by atoms with Gasteiger partial charge in [0.1, 0.15) is 18.0 Å². The van der Waals surface area contributed by atoms with Crippen molar-refractivity contribution in [1.82, 2.24) is 9.80 Å². The van der Waals surface area contributed by atoms with Crippen molar-refractivity contribution in [3.63, 3.8) is 0 Å². The summed E-state index contributed by atoms with van der Waals surface area (Å²) in [6.45, 7) is 25.9. The predicted octanol–water partition coefficient (Wildman–Crippen LogP) is 6.84. The van der Waals surface area contributed by atoms with Gasteiger partial charge in [-0.3, -0.25) is 24.2 Å². The topological polar surface area (TPSA) is 140 Å². The van der Waals surface area contributed by atoms with Crippen LogP contribution in [0.2, 0.25) is 0 Å². The number of hydrogen-bond acceptors (Lipinski definition) is 9. The second kappa shape index (κ2) is 13.8. The SMILES string of the molecule is Cc1c(CC(C#N)(C(=O)OC2CC(C)(C)N(C)C(C)(C)C2)C(CC(=O)O)C(=O)OC2CC(C)(C)N(C)C(C)(C)C2)cc(C(C)(C)C)c(O)c1C. The molecule has 0 spiro atoms. The smallest absolute Gasteiger partial charge is 0.328 e. The summed E-state index contributed by atoms with van der Waals surface area (Å²) in [4.78, 5) is 46.2. The zero-order chi connectivity index (χ0) is 38.6. The maximum atomic E-state index is 14.8. The Kier molecular flexibility index (Phi) is 11.4. The average Bonchev–Trinajstić information content (AvgIpc) is 2.94. The van der Waals surface area contributed by atoms with Crippen molar-refractivity contribution in [1.29, 1.82) is 5.26 Å². The zero-order valence-electron chi connectivity index (χ0n) is 33.3. The van der Waals surface area contributed by atoms with E-state index >= 15 is 0 Å². The van der Waals surface area contributed by atoms with Gasteiger partial charge in [-0.05, 0) is 111 Å². The van der Waals surface area contributed by atoms with E-state index in [9.17, 15) is 29.9 Å². The number of carboxylic acids is 1. The lowest BCUT2D eigenvalue weighted by atomic mass is 9.69. The van der Waals surface area contributed by atoms with Gasteiger partial charge in [0, 0.05) is 54.3 Å². The van der Waals surface area contributed by atoms with Crippen LogP contribution in [0.1, 0.15) is 131 Å². The summed E-state index contributed by atoms with van der Waals surface area (Å²) in [5.41, 5.74) is -1.71. The summed E-state index contributed by atoms with van der Waals surface area (Å²) in [5.74, 6) is -4.72. The lowest BCUT2D eigenvalue weighted by Crippen LogP contribution is -2.61. The van der Waals surface area contributed by atoms with Crippen molar-refractivity contribution in [3.05, 3.63) is 28.3 Å². The van der Waals surface area contributed by atoms with E-state index in [-0.39, 0.29) is 34.3 Å². The quantitative estimate of drug-likeness (QED) is 0.264. The standard InChI is InChI=1S/C40H63N3O7/c1-24-25(2)32(46)29(35(3,4)5)16-26(24)18-40(23-41,34(48)50-28-21-38(10,11)43(15)39(12,13)22-28)30(17-31(44)45)33(47)49-27-19-36(6,7)42(14)37(8,9)20-27/h16,27-28,30,46H,17-22H2,1-15H3,(H,44,45). The largest absolute Gasteiger partial charge is 0.507 e. The molecule has 10 nitrogen and oxygen atoms in total. The second-order valence-corrected chi connectivity index (χ2v) is 18.6. The molecule has 2 aliphatic heterocycles. The van der Waals surface area contributed by atoms with Crippen LogP contribution in [-0.2, 0) is 35.7 Å². The lowest BCUT2D eigenvalue weighted by Gasteiger charge is -2.53. The van der Waals surface area contributed by atoms with Crippen LogP contribution in [0, 0.1) is 36.5 Å². The zero-order valence-corrected chi connectivity index (χ0v) is 33.3. The number of phenolic OH excluding ortho intramolecular Hbond substituents is 1. The number of nitrogens with zero attached hydrogens (tertiary/aromatic N) is 3. The second-order valence-electron chi connectivity index (χ2n) is 18.6. The van der Waals surface area contributed by atoms with Crippen LogP contribution < -0.4 is 0 Å². The molecule has 0 saturated carbocycles. The monoisotopic (exact) mass is 697 g/mol. The number of carbonyl (C=O) groups is 3. The Bertz CT molecular complexity index is 1490. The molecule has 2 atom stereocenters. The van der Waals surface area contributed by atoms with Crippen LogP contribution in [0.15, 0.2) is 6.07 Å². The van der Waals surface area contributed by atoms with Crippen molar-refractivity contribution in [2.24, 2.45) is 11.3 Å². The highest BCUT2D eigenvalue weighted by Gasteiger charge is 2.56. The number of benzene rings is 1. The van der Waals surface area contributed by atoms with Crippen LogP contribution in [0.5, 0.6) is 5.75 Å². The molecule has 0 bridgehead atoms. The molecule has 2 unspecified atom stereocenters. The molecule has 1 aromatic carbocycles. The number of aliphatic carboxylic acids is 1. The number of phenols is 1. The highest BCUT2D eigenvalue weighted by atomic mass is 16.6. The van der Waals surface area contributed by atoms with Gasteiger partial charge in [-0.25, -0.2) is 0 Å². The number of nitriles is 1. The molecule has 50 heavy (non-hydrogen) atoms. The van der Waals surface area contributed by atoms with Gasteiger partial charge >= 0.3 is 17.9 Å². The van der Waals surface area contributed by atoms with E-state index in [2.05, 4.69) is 71.3 Å². The summed E-state index contributed by atoms with van der Waals surface area (Å²) < 4.78 is 12.4. The Hall–Kier alpha value is -3.16. The minimum absolute atomic E-state index is 0.119. The molecule has 2 fully saturated rings. The van der Waals surface area contributed by atoms with Crippen molar-refractivity contribution in [3.8, 4) is 11.8 Å². The van der Waals surface area contributed by atoms with E-state index in [1.165, 1.54) is 0 Å². The predicted molar refractivity (Wildman–Crippen MR) is 194 cm³/mol. The van der Waals surface area contributed by atoms with Crippen LogP contribution in [0.3, 0.4) is 0 Å². The molecule has 280 valence electrons. The fraction of sp³-hybridized carbons (Fsp3) is 0.750. The first-order valence-electron chi connectivity index (χ1n) is 17.9. The van der Waals surface area contributed by atoms with E-state index in [0.717, 1.165) is 0 Å². The summed E-state index contributed by atoms with van der Waals surface area (Å²) in [7, 11) is 4.06. The molecule has 0 radical (unpaired) electrons. The van der Waals surface area contributed by atoms with Gasteiger partial charge in [-0.2, -0.15) is 5.26 Å². The Balaban J connectivity index is 2.21. The van der Waals surface area contributed by atoms with Crippen LogP contribution in [-0.4, -0.2) is 86.4 Å². The molecular formula is C40H63N3O7. The molecule has 2 saturated heterocycles. The molecular weight excluding hydrogens is 634 g/mol. The highest BCUT2D eigenvalue weighted by molar-refractivity contribution is 5.91. The van der Waals surface area contributed by atoms with E-state index < -0.39 is 53.3 Å². The molecule has 10 heteroatoms. The Morgan fingerprint density at radius 1 is 0.860 bits per heavy atom. The molecule has 2 N–H and O–H groups in total. The molecule has 0 amide bonds. The molecule has 0 aliphatic carbocycles.